The Labute approximate surface area is 183 Å². The summed E-state index contributed by atoms with van der Waals surface area (Å²) in [4.78, 5) is 38.6. The molecular formula is C22H21ClN4O4. The fraction of sp³-hybridized carbons (Fsp3) is 0.227. The van der Waals surface area contributed by atoms with Crippen LogP contribution in [0.2, 0.25) is 5.02 Å². The van der Waals surface area contributed by atoms with Crippen molar-refractivity contribution in [1.29, 1.82) is 0 Å². The number of anilines is 1. The number of hydrogen-bond acceptors (Lipinski definition) is 5. The Morgan fingerprint density at radius 3 is 2.81 bits per heavy atom. The highest BCUT2D eigenvalue weighted by Gasteiger charge is 2.26. The molecular weight excluding hydrogens is 420 g/mol. The average molecular weight is 441 g/mol. The van der Waals surface area contributed by atoms with Gasteiger partial charge in [0.25, 0.3) is 17.0 Å². The fourth-order valence-electron chi connectivity index (χ4n) is 3.68. The maximum Gasteiger partial charge on any atom is 0.269 e. The van der Waals surface area contributed by atoms with Gasteiger partial charge in [-0.25, -0.2) is 4.68 Å². The van der Waals surface area contributed by atoms with Crippen molar-refractivity contribution < 1.29 is 9.53 Å². The van der Waals surface area contributed by atoms with Gasteiger partial charge in [0.15, 0.2) is 0 Å². The first-order valence-electron chi connectivity index (χ1n) is 9.77. The molecule has 1 aromatic heterocycles. The van der Waals surface area contributed by atoms with E-state index in [1.807, 2.05) is 12.1 Å². The van der Waals surface area contributed by atoms with E-state index in [1.165, 1.54) is 6.07 Å². The molecule has 4 rings (SSSR count). The molecule has 1 atom stereocenters. The summed E-state index contributed by atoms with van der Waals surface area (Å²) in [7, 11) is 1.61. The molecule has 0 bridgehead atoms. The van der Waals surface area contributed by atoms with E-state index in [0.29, 0.717) is 22.8 Å². The lowest BCUT2D eigenvalue weighted by molar-refractivity contribution is 0.0940. The summed E-state index contributed by atoms with van der Waals surface area (Å²) in [6.07, 6.45) is 0.770. The van der Waals surface area contributed by atoms with Crippen LogP contribution >= 0.6 is 11.6 Å². The van der Waals surface area contributed by atoms with Crippen LogP contribution in [0.25, 0.3) is 5.69 Å². The van der Waals surface area contributed by atoms with E-state index in [0.717, 1.165) is 35.2 Å². The predicted molar refractivity (Wildman–Crippen MR) is 119 cm³/mol. The van der Waals surface area contributed by atoms with Crippen molar-refractivity contribution in [3.63, 3.8) is 0 Å². The number of ether oxygens (including phenoxy) is 1. The van der Waals surface area contributed by atoms with Crippen LogP contribution in [0, 0.1) is 0 Å². The van der Waals surface area contributed by atoms with Crippen LogP contribution in [-0.2, 0) is 0 Å². The number of aromatic amines is 1. The molecule has 2 N–H and O–H groups in total. The molecule has 9 heteroatoms. The molecule has 1 aliphatic heterocycles. The molecule has 31 heavy (non-hydrogen) atoms. The van der Waals surface area contributed by atoms with Gasteiger partial charge in [-0.2, -0.15) is 0 Å². The summed E-state index contributed by atoms with van der Waals surface area (Å²) in [6.45, 7) is 1.37. The summed E-state index contributed by atoms with van der Waals surface area (Å²) >= 11 is 6.14. The second-order valence-electron chi connectivity index (χ2n) is 7.25. The molecule has 1 amide bonds. The van der Waals surface area contributed by atoms with Gasteiger partial charge < -0.3 is 15.0 Å². The van der Waals surface area contributed by atoms with Crippen LogP contribution in [0.5, 0.6) is 5.75 Å². The zero-order valence-corrected chi connectivity index (χ0v) is 17.6. The average Bonchev–Trinajstić information content (AvgIpc) is 3.23. The standard InChI is InChI=1S/C22H21ClN4O4/c1-31-19-6-5-15(23)12-18(19)26-10-9-16(13-26)24-22(30)14-3-2-4-17(11-14)27-21(29)8-7-20(28)25-27/h2-8,11-12,16H,9-10,13H2,1H3,(H,24,30)(H,25,28)/t16-/m1/s1. The quantitative estimate of drug-likeness (QED) is 0.634. The number of rotatable bonds is 5. The Kier molecular flexibility index (Phi) is 5.81. The molecule has 0 saturated carbocycles. The van der Waals surface area contributed by atoms with Gasteiger partial charge in [-0.1, -0.05) is 17.7 Å². The van der Waals surface area contributed by atoms with Crippen molar-refractivity contribution in [2.75, 3.05) is 25.1 Å². The lowest BCUT2D eigenvalue weighted by Crippen LogP contribution is -2.37. The van der Waals surface area contributed by atoms with Gasteiger partial charge in [-0.05, 0) is 42.8 Å². The highest BCUT2D eigenvalue weighted by atomic mass is 35.5. The summed E-state index contributed by atoms with van der Waals surface area (Å²) < 4.78 is 6.54. The van der Waals surface area contributed by atoms with Gasteiger partial charge in [0, 0.05) is 41.9 Å². The number of methoxy groups -OCH3 is 1. The second kappa shape index (κ2) is 8.69. The van der Waals surface area contributed by atoms with Crippen molar-refractivity contribution >= 4 is 23.2 Å². The number of halogens is 1. The van der Waals surface area contributed by atoms with Gasteiger partial charge >= 0.3 is 0 Å². The van der Waals surface area contributed by atoms with Crippen molar-refractivity contribution in [2.45, 2.75) is 12.5 Å². The summed E-state index contributed by atoms with van der Waals surface area (Å²) in [5.74, 6) is 0.476. The van der Waals surface area contributed by atoms with Gasteiger partial charge in [-0.3, -0.25) is 19.5 Å². The molecule has 0 spiro atoms. The third kappa shape index (κ3) is 4.49. The monoisotopic (exact) mass is 440 g/mol. The number of aromatic nitrogens is 2. The van der Waals surface area contributed by atoms with Gasteiger partial charge in [0.1, 0.15) is 5.75 Å². The Hall–Kier alpha value is -3.52. The molecule has 0 unspecified atom stereocenters. The van der Waals surface area contributed by atoms with Crippen LogP contribution in [0.4, 0.5) is 5.69 Å². The molecule has 8 nitrogen and oxygen atoms in total. The van der Waals surface area contributed by atoms with E-state index in [1.54, 1.807) is 37.4 Å². The largest absolute Gasteiger partial charge is 0.495 e. The Bertz CT molecular complexity index is 1240. The molecule has 1 saturated heterocycles. The number of hydrogen-bond donors (Lipinski definition) is 2. The van der Waals surface area contributed by atoms with E-state index < -0.39 is 5.56 Å². The third-order valence-corrected chi connectivity index (χ3v) is 5.43. The molecule has 1 fully saturated rings. The number of carbonyl (C=O) groups excluding carboxylic acids is 1. The maximum atomic E-state index is 12.8. The molecule has 160 valence electrons. The van der Waals surface area contributed by atoms with E-state index >= 15 is 0 Å². The molecule has 2 aromatic carbocycles. The van der Waals surface area contributed by atoms with E-state index in [4.69, 9.17) is 16.3 Å². The Balaban J connectivity index is 1.49. The van der Waals surface area contributed by atoms with Gasteiger partial charge in [-0.15, -0.1) is 0 Å². The van der Waals surface area contributed by atoms with Crippen molar-refractivity contribution in [1.82, 2.24) is 15.1 Å². The van der Waals surface area contributed by atoms with Crippen LogP contribution in [-0.4, -0.2) is 41.9 Å². The fourth-order valence-corrected chi connectivity index (χ4v) is 3.84. The maximum absolute atomic E-state index is 12.8. The zero-order valence-electron chi connectivity index (χ0n) is 16.8. The minimum Gasteiger partial charge on any atom is -0.495 e. The number of carbonyl (C=O) groups is 1. The molecule has 0 radical (unpaired) electrons. The van der Waals surface area contributed by atoms with Crippen molar-refractivity contribution in [3.8, 4) is 11.4 Å². The smallest absolute Gasteiger partial charge is 0.269 e. The normalized spacial score (nSPS) is 15.7. The summed E-state index contributed by atoms with van der Waals surface area (Å²) in [6, 6.07) is 14.3. The van der Waals surface area contributed by atoms with Crippen LogP contribution in [0.1, 0.15) is 16.8 Å². The Morgan fingerprint density at radius 1 is 1.16 bits per heavy atom. The molecule has 3 aromatic rings. The first kappa shape index (κ1) is 20.7. The number of amides is 1. The zero-order chi connectivity index (χ0) is 22.0. The van der Waals surface area contributed by atoms with E-state index in [-0.39, 0.29) is 17.5 Å². The predicted octanol–water partition coefficient (Wildman–Crippen LogP) is 2.20. The number of benzene rings is 2. The van der Waals surface area contributed by atoms with Crippen LogP contribution in [0.15, 0.2) is 64.2 Å². The first-order valence-corrected chi connectivity index (χ1v) is 10.1. The summed E-state index contributed by atoms with van der Waals surface area (Å²) in [5.41, 5.74) is 0.900. The van der Waals surface area contributed by atoms with Gasteiger partial charge in [0.2, 0.25) is 0 Å². The number of nitrogens with one attached hydrogen (secondary N) is 2. The highest BCUT2D eigenvalue weighted by molar-refractivity contribution is 6.30. The van der Waals surface area contributed by atoms with E-state index in [9.17, 15) is 14.4 Å². The lowest BCUT2D eigenvalue weighted by Gasteiger charge is -2.22. The van der Waals surface area contributed by atoms with Gasteiger partial charge in [0.05, 0.1) is 18.5 Å². The molecule has 2 heterocycles. The van der Waals surface area contributed by atoms with Crippen LogP contribution < -0.4 is 26.1 Å². The number of nitrogens with zero attached hydrogens (tertiary/aromatic N) is 2. The third-order valence-electron chi connectivity index (χ3n) is 5.19. The summed E-state index contributed by atoms with van der Waals surface area (Å²) in [5, 5.41) is 6.12. The van der Waals surface area contributed by atoms with Crippen LogP contribution in [0.3, 0.4) is 0 Å². The highest BCUT2D eigenvalue weighted by Crippen LogP contribution is 2.33. The van der Waals surface area contributed by atoms with Crippen molar-refractivity contribution in [2.24, 2.45) is 0 Å². The lowest BCUT2D eigenvalue weighted by atomic mass is 10.1. The minimum absolute atomic E-state index is 0.0564. The Morgan fingerprint density at radius 2 is 2.00 bits per heavy atom. The topological polar surface area (TPSA) is 96.4 Å². The SMILES string of the molecule is COc1ccc(Cl)cc1N1CC[C@@H](NC(=O)c2cccc(-n3[nH]c(=O)ccc3=O)c2)C1. The van der Waals surface area contributed by atoms with E-state index in [2.05, 4.69) is 15.3 Å². The number of H-pyrrole nitrogens is 1. The van der Waals surface area contributed by atoms with Crippen molar-refractivity contribution in [3.05, 3.63) is 85.9 Å². The molecule has 0 aliphatic carbocycles. The first-order chi connectivity index (χ1) is 14.9. The second-order valence-corrected chi connectivity index (χ2v) is 7.69. The minimum atomic E-state index is -0.406. The molecule has 1 aliphatic rings.